The summed E-state index contributed by atoms with van der Waals surface area (Å²) in [6.45, 7) is 1.60. The van der Waals surface area contributed by atoms with Crippen LogP contribution in [0.5, 0.6) is 17.2 Å². The lowest BCUT2D eigenvalue weighted by Gasteiger charge is -2.14. The first-order valence-corrected chi connectivity index (χ1v) is 11.0. The van der Waals surface area contributed by atoms with E-state index in [2.05, 4.69) is 10.6 Å². The van der Waals surface area contributed by atoms with E-state index in [1.807, 2.05) is 6.07 Å². The van der Waals surface area contributed by atoms with Crippen molar-refractivity contribution in [1.82, 2.24) is 0 Å². The van der Waals surface area contributed by atoms with Gasteiger partial charge in [0, 0.05) is 11.4 Å². The van der Waals surface area contributed by atoms with E-state index in [1.54, 1.807) is 6.92 Å². The monoisotopic (exact) mass is 509 g/mol. The topological polar surface area (TPSA) is 121 Å². The number of carbonyl (C=O) groups excluding carboxylic acids is 2. The molecule has 3 N–H and O–H groups in total. The molecule has 0 atom stereocenters. The molecule has 3 aromatic carbocycles. The minimum absolute atomic E-state index is 0.0392. The van der Waals surface area contributed by atoms with Gasteiger partial charge < -0.3 is 25.2 Å². The third kappa shape index (κ3) is 7.22. The number of rotatable bonds is 9. The summed E-state index contributed by atoms with van der Waals surface area (Å²) in [6.07, 6.45) is 1.33. The number of phenolic OH excluding ortho intramolecular Hbond substituents is 1. The van der Waals surface area contributed by atoms with Gasteiger partial charge in [0.25, 0.3) is 11.8 Å². The van der Waals surface area contributed by atoms with E-state index in [4.69, 9.17) is 21.1 Å². The molecule has 10 heteroatoms. The predicted molar refractivity (Wildman–Crippen MR) is 133 cm³/mol. The summed E-state index contributed by atoms with van der Waals surface area (Å²) in [7, 11) is 0. The summed E-state index contributed by atoms with van der Waals surface area (Å²) in [6, 6.07) is 15.9. The zero-order chi connectivity index (χ0) is 26.1. The Morgan fingerprint density at radius 3 is 2.33 bits per heavy atom. The van der Waals surface area contributed by atoms with Crippen molar-refractivity contribution in [1.29, 1.82) is 5.26 Å². The fourth-order valence-corrected chi connectivity index (χ4v) is 3.27. The molecule has 8 nitrogen and oxygen atoms in total. The summed E-state index contributed by atoms with van der Waals surface area (Å²) >= 11 is 6.37. The zero-order valence-electron chi connectivity index (χ0n) is 19.0. The summed E-state index contributed by atoms with van der Waals surface area (Å²) < 4.78 is 24.2. The highest BCUT2D eigenvalue weighted by atomic mass is 35.5. The first-order chi connectivity index (χ1) is 17.3. The second-order valence-corrected chi connectivity index (χ2v) is 7.68. The van der Waals surface area contributed by atoms with Crippen LogP contribution in [0.15, 0.2) is 66.2 Å². The molecule has 3 rings (SSSR count). The third-order valence-corrected chi connectivity index (χ3v) is 4.89. The summed E-state index contributed by atoms with van der Waals surface area (Å²) in [5.41, 5.74) is 0.990. The zero-order valence-corrected chi connectivity index (χ0v) is 19.8. The van der Waals surface area contributed by atoms with Crippen LogP contribution in [0.4, 0.5) is 15.8 Å². The maximum atomic E-state index is 13.0. The van der Waals surface area contributed by atoms with Crippen LogP contribution in [0.25, 0.3) is 6.08 Å². The van der Waals surface area contributed by atoms with Gasteiger partial charge in [-0.3, -0.25) is 9.59 Å². The van der Waals surface area contributed by atoms with Gasteiger partial charge in [-0.2, -0.15) is 5.26 Å². The highest BCUT2D eigenvalue weighted by molar-refractivity contribution is 6.32. The van der Waals surface area contributed by atoms with Gasteiger partial charge in [-0.15, -0.1) is 0 Å². The van der Waals surface area contributed by atoms with Crippen LogP contribution in [0.1, 0.15) is 12.5 Å². The van der Waals surface area contributed by atoms with Gasteiger partial charge in [0.2, 0.25) is 0 Å². The number of phenols is 1. The van der Waals surface area contributed by atoms with Crippen molar-refractivity contribution in [2.75, 3.05) is 23.8 Å². The Morgan fingerprint density at radius 2 is 1.69 bits per heavy atom. The Hall–Kier alpha value is -4.55. The number of benzene rings is 3. The Balaban J connectivity index is 1.76. The molecule has 2 amide bonds. The molecule has 0 heterocycles. The molecular formula is C26H21ClFN3O5. The summed E-state index contributed by atoms with van der Waals surface area (Å²) in [4.78, 5) is 24.8. The fourth-order valence-electron chi connectivity index (χ4n) is 3.00. The number of ether oxygens (including phenoxy) is 2. The quantitative estimate of drug-likeness (QED) is 0.208. The highest BCUT2D eigenvalue weighted by Crippen LogP contribution is 2.37. The minimum Gasteiger partial charge on any atom is -0.508 e. The number of anilines is 2. The first kappa shape index (κ1) is 26.1. The van der Waals surface area contributed by atoms with Crippen LogP contribution in [0, 0.1) is 17.1 Å². The molecule has 0 saturated carbocycles. The predicted octanol–water partition coefficient (Wildman–Crippen LogP) is 5.15. The molecule has 0 radical (unpaired) electrons. The minimum atomic E-state index is -0.657. The number of nitriles is 1. The maximum Gasteiger partial charge on any atom is 0.266 e. The van der Waals surface area contributed by atoms with Crippen molar-refractivity contribution in [3.8, 4) is 23.3 Å². The summed E-state index contributed by atoms with van der Waals surface area (Å²) in [5, 5.41) is 24.1. The SMILES string of the molecule is CCOc1cc(/C=C(\C#N)C(=O)Nc2ccc(O)cc2)cc(Cl)c1OCC(=O)Nc1ccc(F)cc1. The molecule has 0 unspecified atom stereocenters. The molecule has 0 fully saturated rings. The van der Waals surface area contributed by atoms with Crippen molar-refractivity contribution < 1.29 is 28.6 Å². The van der Waals surface area contributed by atoms with Crippen molar-refractivity contribution in [3.63, 3.8) is 0 Å². The van der Waals surface area contributed by atoms with Gasteiger partial charge in [-0.05, 0) is 79.2 Å². The second-order valence-electron chi connectivity index (χ2n) is 7.28. The Kier molecular flexibility index (Phi) is 8.86. The van der Waals surface area contributed by atoms with E-state index in [0.29, 0.717) is 16.9 Å². The molecule has 0 spiro atoms. The van der Waals surface area contributed by atoms with E-state index >= 15 is 0 Å². The molecule has 36 heavy (non-hydrogen) atoms. The highest BCUT2D eigenvalue weighted by Gasteiger charge is 2.16. The Morgan fingerprint density at radius 1 is 1.06 bits per heavy atom. The number of halogens is 2. The van der Waals surface area contributed by atoms with Gasteiger partial charge in [0.1, 0.15) is 23.2 Å². The van der Waals surface area contributed by atoms with E-state index in [0.717, 1.165) is 0 Å². The second kappa shape index (κ2) is 12.2. The fraction of sp³-hybridized carbons (Fsp3) is 0.115. The van der Waals surface area contributed by atoms with E-state index in [1.165, 1.54) is 66.7 Å². The number of amides is 2. The number of carbonyl (C=O) groups is 2. The van der Waals surface area contributed by atoms with E-state index < -0.39 is 24.2 Å². The van der Waals surface area contributed by atoms with Crippen LogP contribution in [0.2, 0.25) is 5.02 Å². The van der Waals surface area contributed by atoms with Crippen LogP contribution in [-0.4, -0.2) is 30.1 Å². The molecule has 0 aliphatic heterocycles. The van der Waals surface area contributed by atoms with Gasteiger partial charge in [-0.1, -0.05) is 11.6 Å². The molecule has 0 aliphatic rings. The van der Waals surface area contributed by atoms with Crippen LogP contribution >= 0.6 is 11.6 Å². The lowest BCUT2D eigenvalue weighted by molar-refractivity contribution is -0.118. The standard InChI is InChI=1S/C26H21ClFN3O5/c1-2-35-23-13-16(11-17(14-29)26(34)31-20-7-9-21(32)10-8-20)12-22(27)25(23)36-15-24(33)30-19-5-3-18(28)4-6-19/h3-13,32H,2,15H2,1H3,(H,30,33)(H,31,34)/b17-11+. The molecule has 0 saturated heterocycles. The largest absolute Gasteiger partial charge is 0.508 e. The Bertz CT molecular complexity index is 1320. The molecule has 0 aromatic heterocycles. The van der Waals surface area contributed by atoms with Crippen LogP contribution in [-0.2, 0) is 9.59 Å². The molecular weight excluding hydrogens is 489 g/mol. The van der Waals surface area contributed by atoms with Gasteiger partial charge in [0.05, 0.1) is 11.6 Å². The lowest BCUT2D eigenvalue weighted by Crippen LogP contribution is -2.20. The molecule has 184 valence electrons. The summed E-state index contributed by atoms with van der Waals surface area (Å²) in [5.74, 6) is -1.22. The van der Waals surface area contributed by atoms with Crippen molar-refractivity contribution in [2.24, 2.45) is 0 Å². The van der Waals surface area contributed by atoms with Crippen molar-refractivity contribution >= 4 is 40.9 Å². The first-order valence-electron chi connectivity index (χ1n) is 10.7. The number of aromatic hydroxyl groups is 1. The van der Waals surface area contributed by atoms with Gasteiger partial charge in [-0.25, -0.2) is 4.39 Å². The third-order valence-electron chi connectivity index (χ3n) is 4.61. The number of nitrogens with one attached hydrogen (secondary N) is 2. The van der Waals surface area contributed by atoms with Crippen LogP contribution in [0.3, 0.4) is 0 Å². The lowest BCUT2D eigenvalue weighted by atomic mass is 10.1. The average Bonchev–Trinajstić information content (AvgIpc) is 2.85. The van der Waals surface area contributed by atoms with Crippen molar-refractivity contribution in [3.05, 3.63) is 82.6 Å². The normalized spacial score (nSPS) is 10.8. The number of hydrogen-bond acceptors (Lipinski definition) is 6. The van der Waals surface area contributed by atoms with E-state index in [9.17, 15) is 24.3 Å². The molecule has 0 bridgehead atoms. The smallest absolute Gasteiger partial charge is 0.266 e. The van der Waals surface area contributed by atoms with Gasteiger partial charge >= 0.3 is 0 Å². The average molecular weight is 510 g/mol. The van der Waals surface area contributed by atoms with Crippen LogP contribution < -0.4 is 20.1 Å². The Labute approximate surface area is 211 Å². The molecule has 3 aromatic rings. The van der Waals surface area contributed by atoms with E-state index in [-0.39, 0.29) is 34.5 Å². The molecule has 0 aliphatic carbocycles. The van der Waals surface area contributed by atoms with Crippen molar-refractivity contribution in [2.45, 2.75) is 6.92 Å². The maximum absolute atomic E-state index is 13.0. The number of hydrogen-bond donors (Lipinski definition) is 3. The number of nitrogens with zero attached hydrogens (tertiary/aromatic N) is 1. The van der Waals surface area contributed by atoms with Gasteiger partial charge in [0.15, 0.2) is 18.1 Å².